The maximum absolute atomic E-state index is 14.2. The van der Waals surface area contributed by atoms with E-state index >= 15 is 0 Å². The summed E-state index contributed by atoms with van der Waals surface area (Å²) in [5.74, 6) is -1.04. The van der Waals surface area contributed by atoms with Crippen molar-refractivity contribution in [3.63, 3.8) is 0 Å². The van der Waals surface area contributed by atoms with Gasteiger partial charge in [0.15, 0.2) is 8.07 Å². The van der Waals surface area contributed by atoms with Gasteiger partial charge >= 0.3 is 0 Å². The molecule has 6 heteroatoms. The number of hydrogen-bond acceptors (Lipinski definition) is 2. The monoisotopic (exact) mass is 620 g/mol. The van der Waals surface area contributed by atoms with E-state index in [1.54, 1.807) is 61.2 Å². The van der Waals surface area contributed by atoms with Crippen LogP contribution < -0.4 is 20.7 Å². The molecule has 7 rings (SSSR count). The van der Waals surface area contributed by atoms with Crippen LogP contribution in [0, 0.1) is 17.5 Å². The van der Waals surface area contributed by atoms with E-state index in [1.807, 2.05) is 24.3 Å². The van der Waals surface area contributed by atoms with E-state index < -0.39 is 8.07 Å². The lowest BCUT2D eigenvalue weighted by molar-refractivity contribution is 0.628. The second-order valence-corrected chi connectivity index (χ2v) is 14.9. The molecule has 0 amide bonds. The quantitative estimate of drug-likeness (QED) is 0.138. The summed E-state index contributed by atoms with van der Waals surface area (Å²) in [6.07, 6.45) is 7.14. The van der Waals surface area contributed by atoms with Gasteiger partial charge in [-0.3, -0.25) is 9.97 Å². The normalized spacial score (nSPS) is 11.4. The van der Waals surface area contributed by atoms with E-state index in [0.717, 1.165) is 54.1 Å². The predicted molar refractivity (Wildman–Crippen MR) is 182 cm³/mol. The fourth-order valence-corrected chi connectivity index (χ4v) is 10.9. The number of pyridine rings is 2. The summed E-state index contributed by atoms with van der Waals surface area (Å²) in [4.78, 5) is 8.37. The third-order valence-electron chi connectivity index (χ3n) is 8.44. The maximum atomic E-state index is 14.2. The molecule has 0 spiro atoms. The van der Waals surface area contributed by atoms with Crippen molar-refractivity contribution in [3.8, 4) is 33.4 Å². The van der Waals surface area contributed by atoms with Gasteiger partial charge < -0.3 is 0 Å². The molecule has 0 atom stereocenters. The zero-order valence-corrected chi connectivity index (χ0v) is 25.6. The van der Waals surface area contributed by atoms with Crippen LogP contribution in [0.2, 0.25) is 0 Å². The second-order valence-electron chi connectivity index (χ2n) is 11.1. The number of halogens is 3. The number of nitrogens with zero attached hydrogens (tertiary/aromatic N) is 2. The Bertz CT molecular complexity index is 1920. The summed E-state index contributed by atoms with van der Waals surface area (Å²) in [7, 11) is -3.13. The Morgan fingerprint density at radius 3 is 0.870 bits per heavy atom. The fraction of sp³-hybridized carbons (Fsp3) is 0. The van der Waals surface area contributed by atoms with Crippen LogP contribution in [-0.2, 0) is 0 Å². The Morgan fingerprint density at radius 2 is 0.565 bits per heavy atom. The third-order valence-corrected chi connectivity index (χ3v) is 13.2. The van der Waals surface area contributed by atoms with Crippen LogP contribution in [0.3, 0.4) is 0 Å². The molecule has 0 N–H and O–H groups in total. The van der Waals surface area contributed by atoms with Gasteiger partial charge in [-0.05, 0) is 133 Å². The van der Waals surface area contributed by atoms with Crippen LogP contribution in [0.1, 0.15) is 0 Å². The van der Waals surface area contributed by atoms with Crippen LogP contribution >= 0.6 is 0 Å². The molecule has 0 bridgehead atoms. The van der Waals surface area contributed by atoms with Gasteiger partial charge in [0, 0.05) is 24.8 Å². The Kier molecular flexibility index (Phi) is 7.87. The van der Waals surface area contributed by atoms with Crippen LogP contribution in [0.15, 0.2) is 164 Å². The first-order valence-corrected chi connectivity index (χ1v) is 16.9. The molecule has 0 unspecified atom stereocenters. The number of aromatic nitrogens is 2. The Labute approximate surface area is 266 Å². The Morgan fingerprint density at radius 1 is 0.304 bits per heavy atom. The third kappa shape index (κ3) is 5.55. The first-order chi connectivity index (χ1) is 22.5. The average molecular weight is 621 g/mol. The molecule has 2 nitrogen and oxygen atoms in total. The maximum Gasteiger partial charge on any atom is 0.179 e. The van der Waals surface area contributed by atoms with Crippen molar-refractivity contribution in [1.82, 2.24) is 9.97 Å². The standard InChI is InChI=1S/C40H27F3N2Si/c41-34-3-11-38(12-4-34)46(39-13-5-35(42)6-14-39,40-15-7-36(43)8-16-40)37-9-1-28(2-10-37)31-25-32(29-17-21-44-22-18-29)27-33(26-31)30-19-23-45-24-20-30/h1-27H. The van der Waals surface area contributed by atoms with Gasteiger partial charge in [-0.2, -0.15) is 0 Å². The molecule has 5 aromatic carbocycles. The van der Waals surface area contributed by atoms with E-state index in [0.29, 0.717) is 0 Å². The van der Waals surface area contributed by atoms with E-state index in [-0.39, 0.29) is 17.5 Å². The first-order valence-electron chi connectivity index (χ1n) is 14.9. The van der Waals surface area contributed by atoms with Crippen LogP contribution in [0.4, 0.5) is 13.2 Å². The lowest BCUT2D eigenvalue weighted by Crippen LogP contribution is -2.74. The van der Waals surface area contributed by atoms with Crippen LogP contribution in [-0.4, -0.2) is 18.0 Å². The second kappa shape index (κ2) is 12.4. The van der Waals surface area contributed by atoms with Crippen LogP contribution in [0.5, 0.6) is 0 Å². The van der Waals surface area contributed by atoms with Gasteiger partial charge in [0.1, 0.15) is 17.5 Å². The summed E-state index contributed by atoms with van der Waals surface area (Å²) in [5, 5.41) is 3.71. The van der Waals surface area contributed by atoms with Crippen molar-refractivity contribution in [2.45, 2.75) is 0 Å². The molecule has 0 saturated carbocycles. The summed E-state index contributed by atoms with van der Waals surface area (Å²) in [6, 6.07) is 42.3. The highest BCUT2D eigenvalue weighted by molar-refractivity contribution is 7.19. The van der Waals surface area contributed by atoms with Gasteiger partial charge in [-0.15, -0.1) is 0 Å². The fourth-order valence-electron chi connectivity index (χ4n) is 6.23. The molecule has 0 aliphatic carbocycles. The SMILES string of the molecule is Fc1ccc([Si](c2ccc(F)cc2)(c2ccc(F)cc2)c2ccc(-c3cc(-c4ccncc4)cc(-c4ccncc4)c3)cc2)cc1. The number of rotatable bonds is 7. The van der Waals surface area contributed by atoms with Gasteiger partial charge in [-0.1, -0.05) is 60.7 Å². The summed E-state index contributed by atoms with van der Waals surface area (Å²) in [5.41, 5.74) is 6.27. The molecular formula is C40H27F3N2Si. The molecule has 46 heavy (non-hydrogen) atoms. The molecular weight excluding hydrogens is 594 g/mol. The molecule has 222 valence electrons. The van der Waals surface area contributed by atoms with Crippen molar-refractivity contribution >= 4 is 28.8 Å². The zero-order chi connectivity index (χ0) is 31.5. The van der Waals surface area contributed by atoms with Crippen molar-refractivity contribution in [2.75, 3.05) is 0 Å². The van der Waals surface area contributed by atoms with E-state index in [1.165, 1.54) is 36.4 Å². The molecule has 7 aromatic rings. The minimum atomic E-state index is -3.13. The van der Waals surface area contributed by atoms with Crippen LogP contribution in [0.25, 0.3) is 33.4 Å². The highest BCUT2D eigenvalue weighted by atomic mass is 28.3. The molecule has 2 heterocycles. The number of hydrogen-bond donors (Lipinski definition) is 0. The van der Waals surface area contributed by atoms with Gasteiger partial charge in [0.05, 0.1) is 0 Å². The van der Waals surface area contributed by atoms with Gasteiger partial charge in [-0.25, -0.2) is 13.2 Å². The largest absolute Gasteiger partial charge is 0.265 e. The van der Waals surface area contributed by atoms with Crippen molar-refractivity contribution in [2.24, 2.45) is 0 Å². The first kappa shape index (κ1) is 29.1. The van der Waals surface area contributed by atoms with Crippen molar-refractivity contribution in [3.05, 3.63) is 182 Å². The number of benzene rings is 5. The predicted octanol–water partition coefficient (Wildman–Crippen LogP) is 7.27. The van der Waals surface area contributed by atoms with Crippen molar-refractivity contribution in [1.29, 1.82) is 0 Å². The Balaban J connectivity index is 1.43. The molecule has 0 fully saturated rings. The summed E-state index contributed by atoms with van der Waals surface area (Å²) < 4.78 is 42.7. The highest BCUT2D eigenvalue weighted by Crippen LogP contribution is 2.32. The minimum absolute atomic E-state index is 0.348. The minimum Gasteiger partial charge on any atom is -0.265 e. The van der Waals surface area contributed by atoms with Gasteiger partial charge in [0.25, 0.3) is 0 Å². The lowest BCUT2D eigenvalue weighted by atomic mass is 9.94. The van der Waals surface area contributed by atoms with E-state index in [9.17, 15) is 13.2 Å². The van der Waals surface area contributed by atoms with Crippen molar-refractivity contribution < 1.29 is 13.2 Å². The van der Waals surface area contributed by atoms with E-state index in [2.05, 4.69) is 52.4 Å². The highest BCUT2D eigenvalue weighted by Gasteiger charge is 2.41. The average Bonchev–Trinajstić information content (AvgIpc) is 3.11. The molecule has 2 aromatic heterocycles. The summed E-state index contributed by atoms with van der Waals surface area (Å²) >= 11 is 0. The molecule has 0 saturated heterocycles. The zero-order valence-electron chi connectivity index (χ0n) is 24.6. The topological polar surface area (TPSA) is 25.8 Å². The summed E-state index contributed by atoms with van der Waals surface area (Å²) in [6.45, 7) is 0. The smallest absolute Gasteiger partial charge is 0.179 e. The lowest BCUT2D eigenvalue weighted by Gasteiger charge is -2.34. The Hall–Kier alpha value is -5.59. The van der Waals surface area contributed by atoms with E-state index in [4.69, 9.17) is 0 Å². The molecule has 0 aliphatic heterocycles. The molecule has 0 aliphatic rings. The molecule has 0 radical (unpaired) electrons. The van der Waals surface area contributed by atoms with Gasteiger partial charge in [0.2, 0.25) is 0 Å².